The van der Waals surface area contributed by atoms with Crippen molar-refractivity contribution in [1.29, 1.82) is 0 Å². The molecular weight excluding hydrogens is 232 g/mol. The molecule has 5 nitrogen and oxygen atoms in total. The average molecular weight is 242 g/mol. The summed E-state index contributed by atoms with van der Waals surface area (Å²) in [4.78, 5) is 4.27. The Morgan fingerprint density at radius 2 is 1.72 bits per heavy atom. The van der Waals surface area contributed by atoms with Crippen LogP contribution in [-0.4, -0.2) is 25.1 Å². The molecule has 90 valence electrons. The molecule has 3 aromatic rings. The van der Waals surface area contributed by atoms with Crippen molar-refractivity contribution >= 4 is 11.0 Å². The lowest BCUT2D eigenvalue weighted by Crippen LogP contribution is -1.93. The summed E-state index contributed by atoms with van der Waals surface area (Å²) in [6.45, 7) is 0. The summed E-state index contributed by atoms with van der Waals surface area (Å²) in [5, 5.41) is 28.7. The molecule has 0 fully saturated rings. The molecule has 0 unspecified atom stereocenters. The summed E-state index contributed by atoms with van der Waals surface area (Å²) < 4.78 is 0.959. The van der Waals surface area contributed by atoms with Crippen LogP contribution >= 0.6 is 0 Å². The number of hydrogen-bond donors (Lipinski definition) is 3. The maximum atomic E-state index is 10.0. The number of benzene rings is 2. The fraction of sp³-hybridized carbons (Fsp3) is 0. The van der Waals surface area contributed by atoms with Crippen molar-refractivity contribution in [2.45, 2.75) is 0 Å². The first-order chi connectivity index (χ1) is 8.66. The average Bonchev–Trinajstić information content (AvgIpc) is 2.71. The molecular formula is C13H10N2O3. The van der Waals surface area contributed by atoms with E-state index in [0.29, 0.717) is 22.4 Å². The molecule has 18 heavy (non-hydrogen) atoms. The van der Waals surface area contributed by atoms with Crippen molar-refractivity contribution in [3.8, 4) is 22.9 Å². The molecule has 0 bridgehead atoms. The lowest BCUT2D eigenvalue weighted by molar-refractivity contribution is 0.203. The van der Waals surface area contributed by atoms with Crippen molar-refractivity contribution in [3.05, 3.63) is 42.5 Å². The van der Waals surface area contributed by atoms with E-state index in [2.05, 4.69) is 4.98 Å². The number of phenolic OH excluding ortho intramolecular Hbond substituents is 2. The predicted octanol–water partition coefficient (Wildman–Crippen LogP) is 2.35. The van der Waals surface area contributed by atoms with Crippen LogP contribution in [0.2, 0.25) is 0 Å². The zero-order valence-corrected chi connectivity index (χ0v) is 9.28. The molecule has 0 saturated heterocycles. The Hall–Kier alpha value is -2.69. The van der Waals surface area contributed by atoms with Crippen molar-refractivity contribution < 1.29 is 15.4 Å². The smallest absolute Gasteiger partial charge is 0.176 e. The molecule has 0 spiro atoms. The zero-order chi connectivity index (χ0) is 12.7. The summed E-state index contributed by atoms with van der Waals surface area (Å²) in [6, 6.07) is 11.4. The first kappa shape index (κ1) is 10.5. The monoisotopic (exact) mass is 242 g/mol. The van der Waals surface area contributed by atoms with E-state index in [0.717, 1.165) is 4.73 Å². The van der Waals surface area contributed by atoms with E-state index < -0.39 is 0 Å². The molecule has 0 amide bonds. The standard InChI is InChI=1S/C13H10N2O3/c16-11-6-5-8(7-12(11)17)13-14-9-3-1-2-4-10(9)15(13)18/h1-7,16-18H. The van der Waals surface area contributed by atoms with E-state index in [1.165, 1.54) is 12.1 Å². The van der Waals surface area contributed by atoms with Crippen LogP contribution in [0.25, 0.3) is 22.4 Å². The second-order valence-corrected chi connectivity index (χ2v) is 3.94. The Balaban J connectivity index is 2.25. The number of aromatic hydroxyl groups is 2. The molecule has 2 aromatic carbocycles. The van der Waals surface area contributed by atoms with Gasteiger partial charge in [-0.05, 0) is 30.3 Å². The van der Waals surface area contributed by atoms with E-state index in [1.54, 1.807) is 24.3 Å². The van der Waals surface area contributed by atoms with Crippen LogP contribution in [0.4, 0.5) is 0 Å². The Morgan fingerprint density at radius 1 is 0.944 bits per heavy atom. The summed E-state index contributed by atoms with van der Waals surface area (Å²) in [6.07, 6.45) is 0. The molecule has 5 heteroatoms. The normalized spacial score (nSPS) is 10.9. The summed E-state index contributed by atoms with van der Waals surface area (Å²) >= 11 is 0. The highest BCUT2D eigenvalue weighted by molar-refractivity contribution is 5.80. The first-order valence-electron chi connectivity index (χ1n) is 5.36. The van der Waals surface area contributed by atoms with Gasteiger partial charge in [-0.15, -0.1) is 0 Å². The Kier molecular flexibility index (Phi) is 2.13. The van der Waals surface area contributed by atoms with Gasteiger partial charge in [0, 0.05) is 5.56 Å². The van der Waals surface area contributed by atoms with Crippen molar-refractivity contribution in [2.75, 3.05) is 0 Å². The molecule has 1 aromatic heterocycles. The quantitative estimate of drug-likeness (QED) is 0.452. The second-order valence-electron chi connectivity index (χ2n) is 3.94. The number of para-hydroxylation sites is 2. The van der Waals surface area contributed by atoms with Crippen LogP contribution < -0.4 is 0 Å². The Bertz CT molecular complexity index is 734. The molecule has 3 N–H and O–H groups in total. The molecule has 0 aliphatic carbocycles. The van der Waals surface area contributed by atoms with Gasteiger partial charge >= 0.3 is 0 Å². The van der Waals surface area contributed by atoms with Crippen LogP contribution in [0.5, 0.6) is 11.5 Å². The van der Waals surface area contributed by atoms with E-state index in [9.17, 15) is 15.4 Å². The van der Waals surface area contributed by atoms with Crippen molar-refractivity contribution in [3.63, 3.8) is 0 Å². The van der Waals surface area contributed by atoms with Gasteiger partial charge in [0.15, 0.2) is 17.3 Å². The Labute approximate surface area is 102 Å². The molecule has 0 atom stereocenters. The van der Waals surface area contributed by atoms with Gasteiger partial charge in [-0.25, -0.2) is 4.98 Å². The largest absolute Gasteiger partial charge is 0.504 e. The van der Waals surface area contributed by atoms with Gasteiger partial charge in [-0.3, -0.25) is 0 Å². The van der Waals surface area contributed by atoms with E-state index >= 15 is 0 Å². The zero-order valence-electron chi connectivity index (χ0n) is 9.28. The predicted molar refractivity (Wildman–Crippen MR) is 65.7 cm³/mol. The van der Waals surface area contributed by atoms with Gasteiger partial charge in [-0.1, -0.05) is 12.1 Å². The van der Waals surface area contributed by atoms with E-state index in [-0.39, 0.29) is 11.5 Å². The third-order valence-corrected chi connectivity index (χ3v) is 2.77. The fourth-order valence-corrected chi connectivity index (χ4v) is 1.86. The van der Waals surface area contributed by atoms with Gasteiger partial charge in [-0.2, -0.15) is 4.73 Å². The van der Waals surface area contributed by atoms with Crippen LogP contribution in [0.15, 0.2) is 42.5 Å². The maximum Gasteiger partial charge on any atom is 0.176 e. The number of aromatic nitrogens is 2. The number of imidazole rings is 1. The fourth-order valence-electron chi connectivity index (χ4n) is 1.86. The van der Waals surface area contributed by atoms with Crippen LogP contribution in [-0.2, 0) is 0 Å². The van der Waals surface area contributed by atoms with Crippen LogP contribution in [0.3, 0.4) is 0 Å². The minimum Gasteiger partial charge on any atom is -0.504 e. The molecule has 0 saturated carbocycles. The molecule has 1 heterocycles. The maximum absolute atomic E-state index is 10.0. The molecule has 0 aliphatic rings. The topological polar surface area (TPSA) is 78.5 Å². The van der Waals surface area contributed by atoms with Crippen molar-refractivity contribution in [2.24, 2.45) is 0 Å². The van der Waals surface area contributed by atoms with Gasteiger partial charge in [0.25, 0.3) is 0 Å². The Morgan fingerprint density at radius 3 is 2.44 bits per heavy atom. The highest BCUT2D eigenvalue weighted by Gasteiger charge is 2.12. The van der Waals surface area contributed by atoms with Crippen LogP contribution in [0, 0.1) is 0 Å². The van der Waals surface area contributed by atoms with Gasteiger partial charge in [0.1, 0.15) is 5.52 Å². The molecule has 0 aliphatic heterocycles. The number of rotatable bonds is 1. The van der Waals surface area contributed by atoms with Crippen LogP contribution in [0.1, 0.15) is 0 Å². The molecule has 0 radical (unpaired) electrons. The first-order valence-corrected chi connectivity index (χ1v) is 5.36. The summed E-state index contributed by atoms with van der Waals surface area (Å²) in [5.74, 6) is -0.148. The lowest BCUT2D eigenvalue weighted by Gasteiger charge is -2.02. The van der Waals surface area contributed by atoms with E-state index in [4.69, 9.17) is 0 Å². The second kappa shape index (κ2) is 3.66. The third kappa shape index (κ3) is 1.45. The number of nitrogens with zero attached hydrogens (tertiary/aromatic N) is 2. The number of hydrogen-bond acceptors (Lipinski definition) is 4. The lowest BCUT2D eigenvalue weighted by atomic mass is 10.2. The number of phenols is 2. The van der Waals surface area contributed by atoms with Gasteiger partial charge in [0.2, 0.25) is 0 Å². The summed E-state index contributed by atoms with van der Waals surface area (Å²) in [5.41, 5.74) is 1.76. The minimum atomic E-state index is -0.250. The van der Waals surface area contributed by atoms with Crippen molar-refractivity contribution in [1.82, 2.24) is 9.71 Å². The summed E-state index contributed by atoms with van der Waals surface area (Å²) in [7, 11) is 0. The van der Waals surface area contributed by atoms with Gasteiger partial charge < -0.3 is 15.4 Å². The molecule has 3 rings (SSSR count). The minimum absolute atomic E-state index is 0.209. The number of fused-ring (bicyclic) bond motifs is 1. The highest BCUT2D eigenvalue weighted by atomic mass is 16.5. The third-order valence-electron chi connectivity index (χ3n) is 2.77. The highest BCUT2D eigenvalue weighted by Crippen LogP contribution is 2.31. The SMILES string of the molecule is Oc1ccc(-c2nc3ccccc3n2O)cc1O. The van der Waals surface area contributed by atoms with Gasteiger partial charge in [0.05, 0.1) is 5.52 Å². The van der Waals surface area contributed by atoms with E-state index in [1.807, 2.05) is 6.07 Å².